The maximum atomic E-state index is 11.5. The number of benzene rings is 1. The molecular formula is C14H12BrN2O6-. The van der Waals surface area contributed by atoms with Gasteiger partial charge in [0.15, 0.2) is 11.5 Å². The van der Waals surface area contributed by atoms with E-state index in [1.807, 2.05) is 0 Å². The summed E-state index contributed by atoms with van der Waals surface area (Å²) < 4.78 is 11.0. The number of carbonyl (C=O) groups is 3. The van der Waals surface area contributed by atoms with Gasteiger partial charge >= 0.3 is 6.03 Å². The fraction of sp³-hybridized carbons (Fsp3) is 0.214. The zero-order chi connectivity index (χ0) is 17.0. The summed E-state index contributed by atoms with van der Waals surface area (Å²) in [5.74, 6) is -1.41. The molecule has 1 aliphatic heterocycles. The summed E-state index contributed by atoms with van der Waals surface area (Å²) in [7, 11) is 0. The molecule has 0 unspecified atom stereocenters. The van der Waals surface area contributed by atoms with Crippen LogP contribution < -0.4 is 25.2 Å². The van der Waals surface area contributed by atoms with Gasteiger partial charge < -0.3 is 24.7 Å². The van der Waals surface area contributed by atoms with Crippen molar-refractivity contribution in [1.29, 1.82) is 0 Å². The van der Waals surface area contributed by atoms with Gasteiger partial charge in [0.2, 0.25) is 0 Å². The first-order valence-corrected chi connectivity index (χ1v) is 7.33. The van der Waals surface area contributed by atoms with Crippen molar-refractivity contribution < 1.29 is 29.0 Å². The fourth-order valence-electron chi connectivity index (χ4n) is 1.85. The number of carbonyl (C=O) groups excluding carboxylic acids is 3. The first-order valence-electron chi connectivity index (χ1n) is 6.53. The summed E-state index contributed by atoms with van der Waals surface area (Å²) in [6.45, 7) is 1.45. The maximum absolute atomic E-state index is 11.5. The number of carboxylic acid groups (broad SMARTS) is 1. The lowest BCUT2D eigenvalue weighted by Gasteiger charge is -2.15. The second-order valence-corrected chi connectivity index (χ2v) is 5.24. The van der Waals surface area contributed by atoms with Gasteiger partial charge in [-0.05, 0) is 46.6 Å². The number of urea groups is 1. The summed E-state index contributed by atoms with van der Waals surface area (Å²) in [5, 5.41) is 15.0. The Morgan fingerprint density at radius 2 is 2.04 bits per heavy atom. The smallest absolute Gasteiger partial charge is 0.326 e. The van der Waals surface area contributed by atoms with Crippen molar-refractivity contribution in [3.05, 3.63) is 27.9 Å². The van der Waals surface area contributed by atoms with E-state index in [0.717, 1.165) is 0 Å². The predicted octanol–water partition coefficient (Wildman–Crippen LogP) is 0.157. The molecule has 0 radical (unpaired) electrons. The van der Waals surface area contributed by atoms with Crippen molar-refractivity contribution in [3.8, 4) is 11.5 Å². The number of rotatable bonds is 6. The molecule has 23 heavy (non-hydrogen) atoms. The molecule has 3 amide bonds. The van der Waals surface area contributed by atoms with Crippen LogP contribution in [0, 0.1) is 0 Å². The summed E-state index contributed by atoms with van der Waals surface area (Å²) >= 11 is 3.26. The van der Waals surface area contributed by atoms with Crippen LogP contribution in [-0.4, -0.2) is 31.1 Å². The Morgan fingerprint density at radius 1 is 1.30 bits per heavy atom. The van der Waals surface area contributed by atoms with Crippen LogP contribution in [0.25, 0.3) is 6.08 Å². The highest BCUT2D eigenvalue weighted by Crippen LogP contribution is 2.37. The minimum absolute atomic E-state index is 0.0905. The zero-order valence-electron chi connectivity index (χ0n) is 12.0. The van der Waals surface area contributed by atoms with E-state index in [4.69, 9.17) is 9.47 Å². The predicted molar refractivity (Wildman–Crippen MR) is 80.5 cm³/mol. The van der Waals surface area contributed by atoms with Crippen LogP contribution in [0.1, 0.15) is 12.5 Å². The number of halogens is 1. The second kappa shape index (κ2) is 7.14. The van der Waals surface area contributed by atoms with Gasteiger partial charge in [-0.15, -0.1) is 0 Å². The third kappa shape index (κ3) is 4.22. The Kier molecular flexibility index (Phi) is 5.22. The van der Waals surface area contributed by atoms with E-state index in [-0.39, 0.29) is 11.4 Å². The first kappa shape index (κ1) is 16.8. The topological polar surface area (TPSA) is 117 Å². The molecule has 1 aromatic carbocycles. The van der Waals surface area contributed by atoms with E-state index in [1.54, 1.807) is 19.1 Å². The SMILES string of the molecule is CCOc1cc(/C=C2\NC(=O)NC2=O)cc(Br)c1OCC(=O)[O-]. The summed E-state index contributed by atoms with van der Waals surface area (Å²) in [6, 6.07) is 2.56. The molecule has 2 rings (SSSR count). The van der Waals surface area contributed by atoms with E-state index >= 15 is 0 Å². The van der Waals surface area contributed by atoms with Gasteiger partial charge in [-0.3, -0.25) is 10.1 Å². The lowest BCUT2D eigenvalue weighted by Crippen LogP contribution is -2.29. The van der Waals surface area contributed by atoms with Crippen molar-refractivity contribution in [1.82, 2.24) is 10.6 Å². The zero-order valence-corrected chi connectivity index (χ0v) is 13.6. The van der Waals surface area contributed by atoms with E-state index in [2.05, 4.69) is 26.6 Å². The summed E-state index contributed by atoms with van der Waals surface area (Å²) in [4.78, 5) is 33.2. The number of amides is 3. The maximum Gasteiger partial charge on any atom is 0.326 e. The third-order valence-corrected chi connectivity index (χ3v) is 3.29. The van der Waals surface area contributed by atoms with Crippen LogP contribution in [0.2, 0.25) is 0 Å². The Hall–Kier alpha value is -2.55. The molecule has 0 saturated carbocycles. The molecule has 1 heterocycles. The van der Waals surface area contributed by atoms with Crippen LogP contribution in [0.4, 0.5) is 4.79 Å². The molecule has 1 aliphatic rings. The number of nitrogens with one attached hydrogen (secondary N) is 2. The Morgan fingerprint density at radius 3 is 2.61 bits per heavy atom. The molecule has 0 spiro atoms. The standard InChI is InChI=1S/C14H13BrN2O6/c1-2-22-10-5-7(4-9-13(20)17-14(21)16-9)3-8(15)12(10)23-6-11(18)19/h3-5H,2,6H2,1H3,(H,18,19)(H2,16,17,20,21)/p-1/b9-4-. The normalized spacial score (nSPS) is 15.3. The quantitative estimate of drug-likeness (QED) is 0.533. The number of hydrogen-bond acceptors (Lipinski definition) is 6. The van der Waals surface area contributed by atoms with Gasteiger partial charge in [0, 0.05) is 0 Å². The summed E-state index contributed by atoms with van der Waals surface area (Å²) in [5.41, 5.74) is 0.640. The van der Waals surface area contributed by atoms with E-state index in [9.17, 15) is 19.5 Å². The highest BCUT2D eigenvalue weighted by molar-refractivity contribution is 9.10. The highest BCUT2D eigenvalue weighted by Gasteiger charge is 2.23. The lowest BCUT2D eigenvalue weighted by molar-refractivity contribution is -0.307. The van der Waals surface area contributed by atoms with Gasteiger partial charge in [-0.25, -0.2) is 4.79 Å². The Bertz CT molecular complexity index is 701. The molecular weight excluding hydrogens is 372 g/mol. The lowest BCUT2D eigenvalue weighted by atomic mass is 10.1. The van der Waals surface area contributed by atoms with Gasteiger partial charge in [-0.2, -0.15) is 0 Å². The Balaban J connectivity index is 2.35. The van der Waals surface area contributed by atoms with Gasteiger partial charge in [0.05, 0.1) is 17.0 Å². The van der Waals surface area contributed by atoms with Crippen LogP contribution in [0.5, 0.6) is 11.5 Å². The average molecular weight is 384 g/mol. The van der Waals surface area contributed by atoms with E-state index < -0.39 is 24.5 Å². The average Bonchev–Trinajstić information content (AvgIpc) is 2.76. The fourth-order valence-corrected chi connectivity index (χ4v) is 2.43. The van der Waals surface area contributed by atoms with Crippen LogP contribution in [0.3, 0.4) is 0 Å². The number of imide groups is 1. The molecule has 0 atom stereocenters. The molecule has 1 saturated heterocycles. The van der Waals surface area contributed by atoms with E-state index in [0.29, 0.717) is 22.4 Å². The molecule has 9 heteroatoms. The van der Waals surface area contributed by atoms with Crippen LogP contribution >= 0.6 is 15.9 Å². The van der Waals surface area contributed by atoms with Gasteiger partial charge in [0.1, 0.15) is 12.3 Å². The van der Waals surface area contributed by atoms with Gasteiger partial charge in [0.25, 0.3) is 5.91 Å². The summed E-state index contributed by atoms with van der Waals surface area (Å²) in [6.07, 6.45) is 1.45. The molecule has 2 N–H and O–H groups in total. The number of aliphatic carboxylic acids is 1. The van der Waals surface area contributed by atoms with Gasteiger partial charge in [-0.1, -0.05) is 0 Å². The molecule has 1 fully saturated rings. The van der Waals surface area contributed by atoms with Crippen LogP contribution in [0.15, 0.2) is 22.3 Å². The monoisotopic (exact) mass is 383 g/mol. The molecule has 0 bridgehead atoms. The van der Waals surface area contributed by atoms with Crippen molar-refractivity contribution in [2.45, 2.75) is 6.92 Å². The van der Waals surface area contributed by atoms with Crippen molar-refractivity contribution in [2.24, 2.45) is 0 Å². The second-order valence-electron chi connectivity index (χ2n) is 4.39. The van der Waals surface area contributed by atoms with E-state index in [1.165, 1.54) is 6.08 Å². The molecule has 0 aliphatic carbocycles. The number of hydrogen-bond donors (Lipinski definition) is 2. The minimum Gasteiger partial charge on any atom is -0.546 e. The molecule has 1 aromatic rings. The van der Waals surface area contributed by atoms with Crippen molar-refractivity contribution >= 4 is 39.9 Å². The minimum atomic E-state index is -1.36. The molecule has 122 valence electrons. The first-order chi connectivity index (χ1) is 10.9. The third-order valence-electron chi connectivity index (χ3n) is 2.70. The van der Waals surface area contributed by atoms with Crippen molar-refractivity contribution in [2.75, 3.05) is 13.2 Å². The largest absolute Gasteiger partial charge is 0.546 e. The number of ether oxygens (including phenoxy) is 2. The Labute approximate surface area is 139 Å². The molecule has 8 nitrogen and oxygen atoms in total. The van der Waals surface area contributed by atoms with Crippen molar-refractivity contribution in [3.63, 3.8) is 0 Å². The molecule has 0 aromatic heterocycles. The van der Waals surface area contributed by atoms with Crippen LogP contribution in [-0.2, 0) is 9.59 Å². The number of carboxylic acids is 1. The highest BCUT2D eigenvalue weighted by atomic mass is 79.9.